The van der Waals surface area contributed by atoms with Crippen LogP contribution < -0.4 is 0 Å². The van der Waals surface area contributed by atoms with Gasteiger partial charge >= 0.3 is 17.9 Å². The summed E-state index contributed by atoms with van der Waals surface area (Å²) in [5.74, 6) is -0.873. The van der Waals surface area contributed by atoms with E-state index >= 15 is 0 Å². The van der Waals surface area contributed by atoms with Crippen molar-refractivity contribution in [1.29, 1.82) is 0 Å². The van der Waals surface area contributed by atoms with Crippen LogP contribution in [0.3, 0.4) is 0 Å². The van der Waals surface area contributed by atoms with Gasteiger partial charge in [-0.1, -0.05) is 318 Å². The Morgan fingerprint density at radius 1 is 0.263 bits per heavy atom. The molecule has 1 atom stereocenters. The molecule has 0 heterocycles. The fourth-order valence-corrected chi connectivity index (χ4v) is 9.97. The minimum Gasteiger partial charge on any atom is -0.462 e. The molecular weight excluding hydrogens is 985 g/mol. The highest BCUT2D eigenvalue weighted by Crippen LogP contribution is 2.17. The molecule has 0 aliphatic heterocycles. The second-order valence-corrected chi connectivity index (χ2v) is 23.1. The Kier molecular flexibility index (Phi) is 65.2. The molecule has 0 rings (SSSR count). The highest BCUT2D eigenvalue weighted by atomic mass is 16.6. The topological polar surface area (TPSA) is 78.9 Å². The molecule has 0 radical (unpaired) electrons. The Morgan fingerprint density at radius 3 is 0.775 bits per heavy atom. The first kappa shape index (κ1) is 76.6. The lowest BCUT2D eigenvalue weighted by atomic mass is 10.0. The van der Waals surface area contributed by atoms with Crippen molar-refractivity contribution >= 4 is 17.9 Å². The third kappa shape index (κ3) is 65.4. The molecule has 0 amide bonds. The Hall–Kier alpha value is -3.41. The number of carbonyl (C=O) groups is 3. The van der Waals surface area contributed by atoms with Gasteiger partial charge in [-0.2, -0.15) is 0 Å². The lowest BCUT2D eigenvalue weighted by Gasteiger charge is -2.18. The third-order valence-corrected chi connectivity index (χ3v) is 15.1. The second kappa shape index (κ2) is 68.1. The van der Waals surface area contributed by atoms with Crippen LogP contribution in [0, 0.1) is 0 Å². The molecule has 0 saturated heterocycles. The van der Waals surface area contributed by atoms with E-state index in [0.29, 0.717) is 19.3 Å². The van der Waals surface area contributed by atoms with Crippen LogP contribution in [0.5, 0.6) is 0 Å². The number of allylic oxidation sites excluding steroid dienone is 14. The Balaban J connectivity index is 4.09. The summed E-state index contributed by atoms with van der Waals surface area (Å²) in [6, 6.07) is 0. The maximum absolute atomic E-state index is 12.9. The summed E-state index contributed by atoms with van der Waals surface area (Å²) in [6.07, 6.45) is 90.5. The van der Waals surface area contributed by atoms with Crippen LogP contribution >= 0.6 is 0 Å². The van der Waals surface area contributed by atoms with Gasteiger partial charge in [-0.25, -0.2) is 0 Å². The zero-order valence-corrected chi connectivity index (χ0v) is 53.1. The average Bonchev–Trinajstić information content (AvgIpc) is 3.46. The highest BCUT2D eigenvalue weighted by Gasteiger charge is 2.19. The van der Waals surface area contributed by atoms with Gasteiger partial charge in [0.15, 0.2) is 6.10 Å². The number of esters is 3. The van der Waals surface area contributed by atoms with E-state index < -0.39 is 6.10 Å². The maximum atomic E-state index is 12.9. The zero-order chi connectivity index (χ0) is 57.8. The number of ether oxygens (including phenoxy) is 3. The summed E-state index contributed by atoms with van der Waals surface area (Å²) in [6.45, 7) is 6.53. The van der Waals surface area contributed by atoms with Crippen molar-refractivity contribution < 1.29 is 28.6 Å². The molecule has 6 nitrogen and oxygen atoms in total. The minimum atomic E-state index is -0.780. The van der Waals surface area contributed by atoms with Crippen molar-refractivity contribution in [3.05, 3.63) is 85.1 Å². The molecule has 0 saturated carbocycles. The highest BCUT2D eigenvalue weighted by molar-refractivity contribution is 5.71. The smallest absolute Gasteiger partial charge is 0.306 e. The zero-order valence-electron chi connectivity index (χ0n) is 53.1. The Bertz CT molecular complexity index is 1520. The predicted octanol–water partition coefficient (Wildman–Crippen LogP) is 23.8. The number of hydrogen-bond acceptors (Lipinski definition) is 6. The number of rotatable bonds is 63. The molecule has 0 aliphatic carbocycles. The van der Waals surface area contributed by atoms with E-state index in [1.165, 1.54) is 193 Å². The normalized spacial score (nSPS) is 12.6. The molecular formula is C74H130O6. The van der Waals surface area contributed by atoms with Crippen LogP contribution in [0.2, 0.25) is 0 Å². The van der Waals surface area contributed by atoms with Gasteiger partial charge in [-0.05, 0) is 96.3 Å². The molecule has 0 aromatic heterocycles. The van der Waals surface area contributed by atoms with Gasteiger partial charge in [0.2, 0.25) is 0 Å². The first-order chi connectivity index (χ1) is 39.5. The molecule has 0 fully saturated rings. The number of carbonyl (C=O) groups excluding carboxylic acids is 3. The predicted molar refractivity (Wildman–Crippen MR) is 348 cm³/mol. The van der Waals surface area contributed by atoms with E-state index in [9.17, 15) is 14.4 Å². The van der Waals surface area contributed by atoms with Gasteiger partial charge in [0, 0.05) is 19.3 Å². The summed E-state index contributed by atoms with van der Waals surface area (Å²) in [7, 11) is 0. The van der Waals surface area contributed by atoms with Crippen molar-refractivity contribution in [3.63, 3.8) is 0 Å². The molecule has 0 aliphatic rings. The SMILES string of the molecule is CC/C=C\C/C=C\C/C=C\C/C=C\C/C=C\CCCCCCCCCCCCCCCCCCCCCC(=O)OCC(COC(=O)CCCCCCCCCCCCC)OC(=O)CCCCCCC/C=C\C/C=C\CCCCCC. The van der Waals surface area contributed by atoms with Crippen LogP contribution in [-0.2, 0) is 28.6 Å². The molecule has 1 unspecified atom stereocenters. The van der Waals surface area contributed by atoms with Crippen LogP contribution in [0.1, 0.15) is 348 Å². The summed E-state index contributed by atoms with van der Waals surface area (Å²) < 4.78 is 16.9. The molecule has 80 heavy (non-hydrogen) atoms. The first-order valence-electron chi connectivity index (χ1n) is 34.6. The van der Waals surface area contributed by atoms with Gasteiger partial charge in [0.1, 0.15) is 13.2 Å². The molecule has 6 heteroatoms. The van der Waals surface area contributed by atoms with Crippen LogP contribution in [-0.4, -0.2) is 37.2 Å². The van der Waals surface area contributed by atoms with E-state index in [1.54, 1.807) is 0 Å². The lowest BCUT2D eigenvalue weighted by Crippen LogP contribution is -2.30. The quantitative estimate of drug-likeness (QED) is 0.0261. The molecule has 462 valence electrons. The van der Waals surface area contributed by atoms with E-state index in [-0.39, 0.29) is 31.1 Å². The minimum absolute atomic E-state index is 0.0762. The largest absolute Gasteiger partial charge is 0.462 e. The van der Waals surface area contributed by atoms with Crippen molar-refractivity contribution in [1.82, 2.24) is 0 Å². The number of unbranched alkanes of at least 4 members (excludes halogenated alkanes) is 38. The van der Waals surface area contributed by atoms with Crippen LogP contribution in [0.25, 0.3) is 0 Å². The first-order valence-corrected chi connectivity index (χ1v) is 34.6. The summed E-state index contributed by atoms with van der Waals surface area (Å²) in [4.78, 5) is 38.3. The second-order valence-electron chi connectivity index (χ2n) is 23.1. The van der Waals surface area contributed by atoms with Crippen molar-refractivity contribution in [2.24, 2.45) is 0 Å². The van der Waals surface area contributed by atoms with Crippen molar-refractivity contribution in [2.75, 3.05) is 13.2 Å². The van der Waals surface area contributed by atoms with Gasteiger partial charge in [-0.3, -0.25) is 14.4 Å². The monoisotopic (exact) mass is 1110 g/mol. The van der Waals surface area contributed by atoms with Gasteiger partial charge in [0.25, 0.3) is 0 Å². The molecule has 0 spiro atoms. The van der Waals surface area contributed by atoms with E-state index in [0.717, 1.165) is 116 Å². The Morgan fingerprint density at radius 2 is 0.487 bits per heavy atom. The molecule has 0 aromatic rings. The average molecular weight is 1120 g/mol. The van der Waals surface area contributed by atoms with E-state index in [4.69, 9.17) is 14.2 Å². The molecule has 0 bridgehead atoms. The Labute approximate surface area is 496 Å². The summed E-state index contributed by atoms with van der Waals surface area (Å²) >= 11 is 0. The standard InChI is InChI=1S/C74H130O6/c1-4-7-10-13-16-19-22-24-26-28-29-30-31-32-33-34-35-36-37-38-39-40-41-42-43-44-45-46-48-49-52-55-58-61-64-67-73(76)79-70-71(69-78-72(75)66-63-60-57-54-51-21-18-15-12-9-6-3)80-74(77)68-65-62-59-56-53-50-47-27-25-23-20-17-14-11-8-5-2/h7,10,16,19-20,23-24,26-27,29-30,32-33,47,71H,4-6,8-9,11-15,17-18,21-22,25,28,31,34-46,48-70H2,1-3H3/b10-7-,19-16-,23-20-,26-24-,30-29-,33-32-,47-27-. The fraction of sp³-hybridized carbons (Fsp3) is 0.770. The van der Waals surface area contributed by atoms with E-state index in [1.807, 2.05) is 0 Å². The van der Waals surface area contributed by atoms with Gasteiger partial charge < -0.3 is 14.2 Å². The molecule has 0 aromatic carbocycles. The maximum Gasteiger partial charge on any atom is 0.306 e. The fourth-order valence-electron chi connectivity index (χ4n) is 9.97. The van der Waals surface area contributed by atoms with E-state index in [2.05, 4.69) is 106 Å². The summed E-state index contributed by atoms with van der Waals surface area (Å²) in [5, 5.41) is 0. The molecule has 0 N–H and O–H groups in total. The van der Waals surface area contributed by atoms with Crippen LogP contribution in [0.15, 0.2) is 85.1 Å². The van der Waals surface area contributed by atoms with Gasteiger partial charge in [0.05, 0.1) is 0 Å². The summed E-state index contributed by atoms with van der Waals surface area (Å²) in [5.41, 5.74) is 0. The van der Waals surface area contributed by atoms with Crippen molar-refractivity contribution in [3.8, 4) is 0 Å². The third-order valence-electron chi connectivity index (χ3n) is 15.1. The van der Waals surface area contributed by atoms with Gasteiger partial charge in [-0.15, -0.1) is 0 Å². The number of hydrogen-bond donors (Lipinski definition) is 0. The van der Waals surface area contributed by atoms with Crippen LogP contribution in [0.4, 0.5) is 0 Å². The lowest BCUT2D eigenvalue weighted by molar-refractivity contribution is -0.167. The van der Waals surface area contributed by atoms with Crippen molar-refractivity contribution in [2.45, 2.75) is 354 Å².